The lowest BCUT2D eigenvalue weighted by atomic mass is 9.89. The average Bonchev–Trinajstić information content (AvgIpc) is 3.90. The number of hydrogen-bond acceptors (Lipinski definition) is 9. The molecular formula is C49H48ClN7O5. The Labute approximate surface area is 365 Å². The van der Waals surface area contributed by atoms with E-state index in [2.05, 4.69) is 76.5 Å². The van der Waals surface area contributed by atoms with Crippen molar-refractivity contribution in [1.82, 2.24) is 30.7 Å². The number of nitrogens with zero attached hydrogens (tertiary/aromatic N) is 3. The number of benzene rings is 3. The number of rotatable bonds is 16. The van der Waals surface area contributed by atoms with Crippen molar-refractivity contribution in [1.29, 1.82) is 5.26 Å². The third kappa shape index (κ3) is 9.66. The number of carbonyl (C=O) groups excluding carboxylic acids is 2. The van der Waals surface area contributed by atoms with Crippen LogP contribution >= 0.6 is 11.6 Å². The molecule has 3 aromatic heterocycles. The van der Waals surface area contributed by atoms with Crippen molar-refractivity contribution in [2.45, 2.75) is 77.9 Å². The summed E-state index contributed by atoms with van der Waals surface area (Å²) >= 11 is 6.87. The third-order valence-electron chi connectivity index (χ3n) is 11.7. The number of hydrogen-bond donors (Lipinski definition) is 4. The number of nitriles is 1. The fraction of sp³-hybridized carbons (Fsp3) is 0.286. The Morgan fingerprint density at radius 2 is 1.44 bits per heavy atom. The molecule has 0 saturated carbocycles. The van der Waals surface area contributed by atoms with E-state index in [1.54, 1.807) is 22.7 Å². The molecule has 2 saturated heterocycles. The van der Waals surface area contributed by atoms with Crippen LogP contribution in [0.5, 0.6) is 11.5 Å². The van der Waals surface area contributed by atoms with Crippen LogP contribution in [-0.4, -0.2) is 46.4 Å². The molecule has 316 valence electrons. The molecule has 3 aromatic carbocycles. The van der Waals surface area contributed by atoms with Crippen LogP contribution in [-0.2, 0) is 35.9 Å². The van der Waals surface area contributed by atoms with Gasteiger partial charge >= 0.3 is 0 Å². The zero-order valence-electron chi connectivity index (χ0n) is 34.7. The van der Waals surface area contributed by atoms with Crippen molar-refractivity contribution in [2.24, 2.45) is 0 Å². The predicted molar refractivity (Wildman–Crippen MR) is 239 cm³/mol. The van der Waals surface area contributed by atoms with E-state index >= 15 is 0 Å². The number of fused-ring (bicyclic) bond motifs is 1. The van der Waals surface area contributed by atoms with Crippen LogP contribution in [0.3, 0.4) is 0 Å². The first-order chi connectivity index (χ1) is 30.1. The van der Waals surface area contributed by atoms with Crippen LogP contribution in [0.15, 0.2) is 102 Å². The molecule has 0 bridgehead atoms. The van der Waals surface area contributed by atoms with Crippen LogP contribution in [0.4, 0.5) is 0 Å². The Kier molecular flexibility index (Phi) is 12.9. The largest absolute Gasteiger partial charge is 0.488 e. The number of carbonyl (C=O) groups is 2. The van der Waals surface area contributed by atoms with Crippen molar-refractivity contribution < 1.29 is 19.1 Å². The van der Waals surface area contributed by atoms with E-state index in [1.165, 1.54) is 6.20 Å². The van der Waals surface area contributed by atoms with E-state index in [-0.39, 0.29) is 42.7 Å². The van der Waals surface area contributed by atoms with Crippen LogP contribution in [0.1, 0.15) is 64.6 Å². The summed E-state index contributed by atoms with van der Waals surface area (Å²) < 4.78 is 14.4. The molecule has 0 aliphatic carbocycles. The van der Waals surface area contributed by atoms with E-state index in [1.807, 2.05) is 42.6 Å². The first kappa shape index (κ1) is 42.2. The number of ether oxygens (including phenoxy) is 2. The van der Waals surface area contributed by atoms with Crippen molar-refractivity contribution >= 4 is 28.9 Å². The van der Waals surface area contributed by atoms with Gasteiger partial charge in [-0.15, -0.1) is 0 Å². The van der Waals surface area contributed by atoms with Gasteiger partial charge in [0.1, 0.15) is 30.8 Å². The molecule has 2 aliphatic heterocycles. The number of nitrogens with one attached hydrogen (secondary N) is 4. The van der Waals surface area contributed by atoms with Gasteiger partial charge < -0.3 is 30.7 Å². The van der Waals surface area contributed by atoms with Crippen LogP contribution in [0.2, 0.25) is 5.02 Å². The van der Waals surface area contributed by atoms with E-state index in [4.69, 9.17) is 21.1 Å². The van der Waals surface area contributed by atoms with Gasteiger partial charge in [-0.2, -0.15) is 5.26 Å². The minimum absolute atomic E-state index is 0.0672. The summed E-state index contributed by atoms with van der Waals surface area (Å²) in [5, 5.41) is 22.5. The lowest BCUT2D eigenvalue weighted by Gasteiger charge is -2.19. The monoisotopic (exact) mass is 849 g/mol. The Morgan fingerprint density at radius 3 is 2.15 bits per heavy atom. The van der Waals surface area contributed by atoms with Gasteiger partial charge in [-0.3, -0.25) is 23.8 Å². The zero-order chi connectivity index (χ0) is 43.2. The first-order valence-corrected chi connectivity index (χ1v) is 21.3. The Hall–Kier alpha value is -6.52. The maximum atomic E-state index is 13.4. The minimum atomic E-state index is -0.0676. The summed E-state index contributed by atoms with van der Waals surface area (Å²) in [7, 11) is 0. The van der Waals surface area contributed by atoms with Gasteiger partial charge in [-0.1, -0.05) is 54.1 Å². The third-order valence-corrected chi connectivity index (χ3v) is 12.0. The van der Waals surface area contributed by atoms with Gasteiger partial charge in [0, 0.05) is 98.0 Å². The highest BCUT2D eigenvalue weighted by Crippen LogP contribution is 2.37. The molecule has 2 fully saturated rings. The van der Waals surface area contributed by atoms with Crippen molar-refractivity contribution in [2.75, 3.05) is 13.1 Å². The molecule has 2 atom stereocenters. The van der Waals surface area contributed by atoms with Gasteiger partial charge in [-0.25, -0.2) is 0 Å². The highest BCUT2D eigenvalue weighted by Gasteiger charge is 2.22. The second kappa shape index (κ2) is 19.0. The molecule has 0 radical (unpaired) electrons. The first-order valence-electron chi connectivity index (χ1n) is 20.9. The summed E-state index contributed by atoms with van der Waals surface area (Å²) in [5.74, 6) is 1.19. The minimum Gasteiger partial charge on any atom is -0.488 e. The van der Waals surface area contributed by atoms with Gasteiger partial charge in [-0.05, 0) is 96.0 Å². The smallest absolute Gasteiger partial charge is 0.259 e. The van der Waals surface area contributed by atoms with Crippen molar-refractivity contribution in [3.05, 3.63) is 152 Å². The van der Waals surface area contributed by atoms with E-state index in [0.717, 1.165) is 68.4 Å². The molecule has 62 heavy (non-hydrogen) atoms. The quantitative estimate of drug-likeness (QED) is 0.0800. The predicted octanol–water partition coefficient (Wildman–Crippen LogP) is 7.06. The lowest BCUT2D eigenvalue weighted by molar-refractivity contribution is -0.120. The molecule has 0 spiro atoms. The molecule has 13 heteroatoms. The molecular weight excluding hydrogens is 802 g/mol. The fourth-order valence-corrected chi connectivity index (χ4v) is 8.48. The van der Waals surface area contributed by atoms with Gasteiger partial charge in [0.05, 0.1) is 10.6 Å². The standard InChI is InChI=1S/C49H48ClN7O5/c1-30-36(29-62-46-20-45(61-28-33-17-32(21-51)22-52-23-33)37(19-44(46)50)25-54-27-39-11-14-48(59)56-39)5-3-7-42(30)43-8-4-6-41(31(43)2)34-15-16-57-40(18-34)12-9-35(49(57)60)24-53-26-38-10-13-47(58)55-38/h3-9,12,15-20,22-23,38-39,53-54H,10-11,13-14,24-29H2,1-2H3,(H,55,58)(H,56,59)/t38-,39-/m1/s1. The average molecular weight is 850 g/mol. The lowest BCUT2D eigenvalue weighted by Crippen LogP contribution is -2.36. The molecule has 5 heterocycles. The fourth-order valence-electron chi connectivity index (χ4n) is 8.24. The maximum Gasteiger partial charge on any atom is 0.259 e. The highest BCUT2D eigenvalue weighted by atomic mass is 35.5. The number of aromatic nitrogens is 2. The van der Waals surface area contributed by atoms with Crippen molar-refractivity contribution in [3.63, 3.8) is 0 Å². The molecule has 0 unspecified atom stereocenters. The number of amides is 2. The summed E-state index contributed by atoms with van der Waals surface area (Å²) in [6, 6.07) is 28.1. The second-order valence-corrected chi connectivity index (χ2v) is 16.4. The van der Waals surface area contributed by atoms with Gasteiger partial charge in [0.2, 0.25) is 11.8 Å². The molecule has 2 amide bonds. The zero-order valence-corrected chi connectivity index (χ0v) is 35.5. The SMILES string of the molecule is Cc1c(COc2cc(OCc3cncc(C#N)c3)c(CNC[C@H]3CCC(=O)N3)cc2Cl)cccc1-c1cccc(-c2ccn3c(=O)c(CNC[C@H]4CCC(=O)N4)ccc3c2)c1C. The van der Waals surface area contributed by atoms with Crippen LogP contribution in [0, 0.1) is 25.2 Å². The molecule has 4 N–H and O–H groups in total. The van der Waals surface area contributed by atoms with Crippen LogP contribution < -0.4 is 36.3 Å². The Morgan fingerprint density at radius 1 is 0.758 bits per heavy atom. The molecule has 12 nitrogen and oxygen atoms in total. The molecule has 2 aliphatic rings. The van der Waals surface area contributed by atoms with E-state index in [0.29, 0.717) is 66.7 Å². The maximum absolute atomic E-state index is 13.4. The topological polar surface area (TPSA) is 159 Å². The number of halogens is 1. The highest BCUT2D eigenvalue weighted by molar-refractivity contribution is 6.32. The summed E-state index contributed by atoms with van der Waals surface area (Å²) in [6.45, 7) is 6.79. The second-order valence-electron chi connectivity index (χ2n) is 16.0. The number of pyridine rings is 3. The van der Waals surface area contributed by atoms with Crippen molar-refractivity contribution in [3.8, 4) is 39.8 Å². The normalized spacial score (nSPS) is 16.0. The van der Waals surface area contributed by atoms with E-state index in [9.17, 15) is 19.6 Å². The summed E-state index contributed by atoms with van der Waals surface area (Å²) in [4.78, 5) is 40.8. The van der Waals surface area contributed by atoms with Gasteiger partial charge in [0.25, 0.3) is 5.56 Å². The summed E-state index contributed by atoms with van der Waals surface area (Å²) in [5.41, 5.74) is 10.9. The Bertz CT molecular complexity index is 2760. The Balaban J connectivity index is 0.985. The van der Waals surface area contributed by atoms with Gasteiger partial charge in [0.15, 0.2) is 0 Å². The molecule has 6 aromatic rings. The van der Waals surface area contributed by atoms with E-state index < -0.39 is 0 Å². The molecule has 8 rings (SSSR count). The van der Waals surface area contributed by atoms with Crippen LogP contribution in [0.25, 0.3) is 27.8 Å². The summed E-state index contributed by atoms with van der Waals surface area (Å²) in [6.07, 6.45) is 7.70.